The molecular formula is C18H29N. The number of hydrogen-bond acceptors (Lipinski definition) is 1. The maximum Gasteiger partial charge on any atom is 0.00672 e. The van der Waals surface area contributed by atoms with E-state index < -0.39 is 0 Å². The van der Waals surface area contributed by atoms with Gasteiger partial charge in [0, 0.05) is 18.6 Å². The lowest BCUT2D eigenvalue weighted by Crippen LogP contribution is -2.41. The van der Waals surface area contributed by atoms with Gasteiger partial charge < -0.3 is 0 Å². The maximum absolute atomic E-state index is 2.73. The molecule has 0 heterocycles. The van der Waals surface area contributed by atoms with Crippen molar-refractivity contribution in [2.75, 3.05) is 6.54 Å². The second kappa shape index (κ2) is 6.56. The van der Waals surface area contributed by atoms with Gasteiger partial charge in [-0.05, 0) is 50.5 Å². The van der Waals surface area contributed by atoms with Crippen LogP contribution in [-0.4, -0.2) is 23.5 Å². The molecule has 4 atom stereocenters. The zero-order valence-electron chi connectivity index (χ0n) is 13.0. The maximum atomic E-state index is 2.73. The monoisotopic (exact) mass is 259 g/mol. The van der Waals surface area contributed by atoms with Gasteiger partial charge in [0.2, 0.25) is 0 Å². The normalized spacial score (nSPS) is 25.3. The van der Waals surface area contributed by atoms with Crippen LogP contribution in [0, 0.1) is 5.92 Å². The van der Waals surface area contributed by atoms with Crippen molar-refractivity contribution >= 4 is 0 Å². The van der Waals surface area contributed by atoms with Gasteiger partial charge in [0.25, 0.3) is 0 Å². The molecule has 0 spiro atoms. The Morgan fingerprint density at radius 2 is 1.63 bits per heavy atom. The van der Waals surface area contributed by atoms with Crippen LogP contribution in [0.15, 0.2) is 30.3 Å². The van der Waals surface area contributed by atoms with Gasteiger partial charge >= 0.3 is 0 Å². The van der Waals surface area contributed by atoms with Gasteiger partial charge in [-0.3, -0.25) is 4.90 Å². The lowest BCUT2D eigenvalue weighted by Gasteiger charge is -2.34. The Labute approximate surface area is 119 Å². The van der Waals surface area contributed by atoms with E-state index in [0.717, 1.165) is 11.8 Å². The SMILES string of the molecule is CC[C@H](C)N(C[C@@H]1C[C@H]1c1ccccc1)[C@@H](C)CC. The quantitative estimate of drug-likeness (QED) is 0.686. The molecule has 1 nitrogen and oxygen atoms in total. The highest BCUT2D eigenvalue weighted by molar-refractivity contribution is 5.25. The molecule has 1 heteroatoms. The zero-order valence-corrected chi connectivity index (χ0v) is 13.0. The number of nitrogens with zero attached hydrogens (tertiary/aromatic N) is 1. The smallest absolute Gasteiger partial charge is 0.00672 e. The van der Waals surface area contributed by atoms with Gasteiger partial charge in [-0.25, -0.2) is 0 Å². The van der Waals surface area contributed by atoms with Crippen LogP contribution in [0.2, 0.25) is 0 Å². The second-order valence-corrected chi connectivity index (χ2v) is 6.22. The Morgan fingerprint density at radius 1 is 1.05 bits per heavy atom. The molecule has 0 amide bonds. The van der Waals surface area contributed by atoms with Gasteiger partial charge in [-0.2, -0.15) is 0 Å². The third kappa shape index (κ3) is 3.60. The summed E-state index contributed by atoms with van der Waals surface area (Å²) in [6.45, 7) is 10.7. The topological polar surface area (TPSA) is 3.24 Å². The summed E-state index contributed by atoms with van der Waals surface area (Å²) in [6, 6.07) is 12.5. The fourth-order valence-electron chi connectivity index (χ4n) is 3.09. The number of hydrogen-bond donors (Lipinski definition) is 0. The van der Waals surface area contributed by atoms with E-state index in [-0.39, 0.29) is 0 Å². The summed E-state index contributed by atoms with van der Waals surface area (Å²) in [5.41, 5.74) is 1.54. The molecule has 0 saturated heterocycles. The van der Waals surface area contributed by atoms with E-state index in [1.165, 1.54) is 25.8 Å². The summed E-state index contributed by atoms with van der Waals surface area (Å²) in [6.07, 6.45) is 3.90. The van der Waals surface area contributed by atoms with E-state index in [1.54, 1.807) is 5.56 Å². The Hall–Kier alpha value is -0.820. The van der Waals surface area contributed by atoms with Crippen molar-refractivity contribution in [3.8, 4) is 0 Å². The largest absolute Gasteiger partial charge is 0.298 e. The van der Waals surface area contributed by atoms with Crippen molar-refractivity contribution in [1.82, 2.24) is 4.90 Å². The van der Waals surface area contributed by atoms with Crippen molar-refractivity contribution in [2.24, 2.45) is 5.92 Å². The molecule has 19 heavy (non-hydrogen) atoms. The molecular weight excluding hydrogens is 230 g/mol. The molecule has 1 fully saturated rings. The summed E-state index contributed by atoms with van der Waals surface area (Å²) >= 11 is 0. The van der Waals surface area contributed by atoms with E-state index in [1.807, 2.05) is 0 Å². The summed E-state index contributed by atoms with van der Waals surface area (Å²) in [4.78, 5) is 2.73. The second-order valence-electron chi connectivity index (χ2n) is 6.22. The van der Waals surface area contributed by atoms with E-state index in [2.05, 4.69) is 62.9 Å². The summed E-state index contributed by atoms with van der Waals surface area (Å²) in [7, 11) is 0. The highest BCUT2D eigenvalue weighted by Gasteiger charge is 2.40. The fraction of sp³-hybridized carbons (Fsp3) is 0.667. The standard InChI is InChI=1S/C18H29N/c1-5-14(3)19(15(4)6-2)13-17-12-18(17)16-10-8-7-9-11-16/h7-11,14-15,17-18H,5-6,12-13H2,1-4H3/t14-,15-,17-,18-/m0/s1. The number of benzene rings is 1. The van der Waals surface area contributed by atoms with Crippen LogP contribution in [0.5, 0.6) is 0 Å². The Kier molecular flexibility index (Phi) is 5.04. The highest BCUT2D eigenvalue weighted by Crippen LogP contribution is 2.48. The molecule has 1 aromatic rings. The third-order valence-electron chi connectivity index (χ3n) is 4.91. The molecule has 1 aromatic carbocycles. The van der Waals surface area contributed by atoms with Gasteiger partial charge in [0.15, 0.2) is 0 Å². The first-order valence-electron chi connectivity index (χ1n) is 7.98. The first-order chi connectivity index (χ1) is 9.17. The molecule has 1 aliphatic rings. The van der Waals surface area contributed by atoms with Crippen LogP contribution in [-0.2, 0) is 0 Å². The minimum atomic E-state index is 0.715. The van der Waals surface area contributed by atoms with Crippen molar-refractivity contribution in [2.45, 2.75) is 65.0 Å². The van der Waals surface area contributed by atoms with Crippen LogP contribution in [0.3, 0.4) is 0 Å². The van der Waals surface area contributed by atoms with Gasteiger partial charge in [0.1, 0.15) is 0 Å². The summed E-state index contributed by atoms with van der Waals surface area (Å²) < 4.78 is 0. The van der Waals surface area contributed by atoms with Crippen LogP contribution in [0.1, 0.15) is 58.4 Å². The fourth-order valence-corrected chi connectivity index (χ4v) is 3.09. The third-order valence-corrected chi connectivity index (χ3v) is 4.91. The molecule has 0 bridgehead atoms. The summed E-state index contributed by atoms with van der Waals surface area (Å²) in [5.74, 6) is 1.70. The molecule has 1 saturated carbocycles. The van der Waals surface area contributed by atoms with Crippen LogP contribution >= 0.6 is 0 Å². The van der Waals surface area contributed by atoms with Crippen molar-refractivity contribution in [3.05, 3.63) is 35.9 Å². The zero-order chi connectivity index (χ0) is 13.8. The molecule has 1 aliphatic carbocycles. The predicted octanol–water partition coefficient (Wildman–Crippen LogP) is 4.69. The molecule has 0 N–H and O–H groups in total. The molecule has 0 radical (unpaired) electrons. The predicted molar refractivity (Wildman–Crippen MR) is 83.5 cm³/mol. The molecule has 0 aromatic heterocycles. The highest BCUT2D eigenvalue weighted by atomic mass is 15.2. The average Bonchev–Trinajstić information content (AvgIpc) is 3.23. The summed E-state index contributed by atoms with van der Waals surface area (Å²) in [5, 5.41) is 0. The van der Waals surface area contributed by atoms with Gasteiger partial charge in [0.05, 0.1) is 0 Å². The van der Waals surface area contributed by atoms with E-state index in [9.17, 15) is 0 Å². The first-order valence-corrected chi connectivity index (χ1v) is 7.98. The minimum Gasteiger partial charge on any atom is -0.298 e. The van der Waals surface area contributed by atoms with Crippen LogP contribution in [0.4, 0.5) is 0 Å². The van der Waals surface area contributed by atoms with Crippen molar-refractivity contribution < 1.29 is 0 Å². The van der Waals surface area contributed by atoms with E-state index in [4.69, 9.17) is 0 Å². The van der Waals surface area contributed by atoms with E-state index in [0.29, 0.717) is 12.1 Å². The molecule has 2 rings (SSSR count). The Balaban J connectivity index is 1.93. The van der Waals surface area contributed by atoms with Gasteiger partial charge in [-0.15, -0.1) is 0 Å². The van der Waals surface area contributed by atoms with Crippen molar-refractivity contribution in [1.29, 1.82) is 0 Å². The first kappa shape index (κ1) is 14.6. The average molecular weight is 259 g/mol. The van der Waals surface area contributed by atoms with E-state index >= 15 is 0 Å². The Morgan fingerprint density at radius 3 is 2.16 bits per heavy atom. The minimum absolute atomic E-state index is 0.715. The van der Waals surface area contributed by atoms with Crippen LogP contribution < -0.4 is 0 Å². The lowest BCUT2D eigenvalue weighted by molar-refractivity contribution is 0.138. The van der Waals surface area contributed by atoms with Gasteiger partial charge in [-0.1, -0.05) is 44.2 Å². The lowest BCUT2D eigenvalue weighted by atomic mass is 10.1. The van der Waals surface area contributed by atoms with Crippen LogP contribution in [0.25, 0.3) is 0 Å². The van der Waals surface area contributed by atoms with Crippen molar-refractivity contribution in [3.63, 3.8) is 0 Å². The molecule has 0 unspecified atom stereocenters. The molecule has 106 valence electrons. The number of rotatable bonds is 7. The Bertz CT molecular complexity index is 363. The molecule has 0 aliphatic heterocycles.